The molecular weight excluding hydrogens is 441 g/mol. The Morgan fingerprint density at radius 1 is 0.828 bits per heavy atom. The molecule has 166 valence electrons. The van der Waals surface area contributed by atoms with Crippen LogP contribution in [0.2, 0.25) is 0 Å². The molecule has 0 bridgehead atoms. The molecule has 0 amide bonds. The number of fused-ring (bicyclic) bond motifs is 1. The van der Waals surface area contributed by atoms with Gasteiger partial charge in [0.25, 0.3) is 0 Å². The first kappa shape index (κ1) is 25.1. The second-order valence-electron chi connectivity index (χ2n) is 6.46. The lowest BCUT2D eigenvalue weighted by Gasteiger charge is -2.32. The molecule has 9 nitrogen and oxygen atoms in total. The molecule has 1 aromatic rings. The molecule has 3 heterocycles. The molecule has 3 aliphatic rings. The number of benzene rings is 1. The third-order valence-electron chi connectivity index (χ3n) is 3.33. The molecule has 0 unspecified atom stereocenters. The predicted octanol–water partition coefficient (Wildman–Crippen LogP) is 5.56. The summed E-state index contributed by atoms with van der Waals surface area (Å²) in [7, 11) is 0.00449. The van der Waals surface area contributed by atoms with Gasteiger partial charge in [-0.05, 0) is 19.1 Å². The minimum Gasteiger partial charge on any atom is -0.414 e. The van der Waals surface area contributed by atoms with E-state index in [2.05, 4.69) is 13.8 Å². The Morgan fingerprint density at radius 3 is 1.76 bits per heavy atom. The Bertz CT molecular complexity index is 552. The molecule has 0 N–H and O–H groups in total. The first-order chi connectivity index (χ1) is 14.0. The minimum absolute atomic E-state index is 0.149. The third kappa shape index (κ3) is 9.24. The van der Waals surface area contributed by atoms with Crippen LogP contribution in [0.5, 0.6) is 11.5 Å². The summed E-state index contributed by atoms with van der Waals surface area (Å²) in [5.41, 5.74) is 0.149. The van der Waals surface area contributed by atoms with Crippen LogP contribution < -0.4 is 9.05 Å². The quantitative estimate of drug-likeness (QED) is 0.525. The van der Waals surface area contributed by atoms with Crippen LogP contribution in [0.25, 0.3) is 0 Å². The Balaban J connectivity index is 0.000000160. The summed E-state index contributed by atoms with van der Waals surface area (Å²) < 4.78 is 45.9. The smallest absolute Gasteiger partial charge is 0.414 e. The van der Waals surface area contributed by atoms with Crippen molar-refractivity contribution < 1.29 is 40.7 Å². The molecule has 1 aromatic carbocycles. The predicted molar refractivity (Wildman–Crippen MR) is 112 cm³/mol. The lowest BCUT2D eigenvalue weighted by molar-refractivity contribution is 0.0292. The summed E-state index contributed by atoms with van der Waals surface area (Å²) in [5.74, 6) is 1.53. The zero-order chi connectivity index (χ0) is 21.1. The Hall–Kier alpha value is -0.170. The average Bonchev–Trinajstić information content (AvgIpc) is 3.40. The highest BCUT2D eigenvalue weighted by Crippen LogP contribution is 2.51. The van der Waals surface area contributed by atoms with Gasteiger partial charge < -0.3 is 36.2 Å². The van der Waals surface area contributed by atoms with Crippen LogP contribution in [-0.4, -0.2) is 47.3 Å². The zero-order valence-electron chi connectivity index (χ0n) is 17.4. The van der Waals surface area contributed by atoms with E-state index in [1.165, 1.54) is 0 Å². The maximum atomic E-state index is 5.35. The van der Waals surface area contributed by atoms with Crippen molar-refractivity contribution in [2.24, 2.45) is 5.41 Å². The largest absolute Gasteiger partial charge is 0.463 e. The molecule has 0 spiro atoms. The van der Waals surface area contributed by atoms with Crippen LogP contribution in [0.3, 0.4) is 0 Å². The van der Waals surface area contributed by atoms with Gasteiger partial charge in [0, 0.05) is 19.6 Å². The second kappa shape index (κ2) is 13.3. The molecule has 29 heavy (non-hydrogen) atoms. The second-order valence-corrected chi connectivity index (χ2v) is 10.2. The summed E-state index contributed by atoms with van der Waals surface area (Å²) >= 11 is 0. The van der Waals surface area contributed by atoms with Crippen molar-refractivity contribution in [3.63, 3.8) is 0 Å². The Kier molecular flexibility index (Phi) is 11.5. The molecule has 3 aliphatic heterocycles. The van der Waals surface area contributed by atoms with Crippen LogP contribution in [0.1, 0.15) is 20.8 Å². The molecule has 0 aromatic heterocycles. The summed E-state index contributed by atoms with van der Waals surface area (Å²) in [6.07, 6.45) is 0. The van der Waals surface area contributed by atoms with Crippen molar-refractivity contribution in [1.29, 1.82) is 0 Å². The van der Waals surface area contributed by atoms with Gasteiger partial charge in [-0.2, -0.15) is 0 Å². The van der Waals surface area contributed by atoms with Gasteiger partial charge in [-0.15, -0.1) is 0 Å². The number of hydrogen-bond acceptors (Lipinski definition) is 9. The lowest BCUT2D eigenvalue weighted by Crippen LogP contribution is -2.28. The van der Waals surface area contributed by atoms with Crippen LogP contribution in [0, 0.1) is 5.41 Å². The third-order valence-corrected chi connectivity index (χ3v) is 6.55. The van der Waals surface area contributed by atoms with E-state index in [0.29, 0.717) is 19.8 Å². The average molecular weight is 470 g/mol. The Labute approximate surface area is 176 Å². The monoisotopic (exact) mass is 470 g/mol. The van der Waals surface area contributed by atoms with Crippen LogP contribution in [-0.2, 0) is 31.7 Å². The number of rotatable bonds is 4. The van der Waals surface area contributed by atoms with Crippen LogP contribution in [0.4, 0.5) is 0 Å². The molecule has 0 saturated carbocycles. The van der Waals surface area contributed by atoms with E-state index in [1.807, 2.05) is 31.2 Å². The highest BCUT2D eigenvalue weighted by atomic mass is 31.2. The van der Waals surface area contributed by atoms with Gasteiger partial charge in [-0.3, -0.25) is 4.52 Å². The summed E-state index contributed by atoms with van der Waals surface area (Å²) in [5, 5.41) is 0. The fourth-order valence-corrected chi connectivity index (χ4v) is 4.82. The standard InChI is InChI=1S/C7H7O3P.C7H15O3P.C3H7O3P/c1-8-11-9-6-4-2-3-5-7(6)10-11;1-4-8-11-9-5-7(2,3)6-10-11;1-4-7-5-2-3-6-7/h2-5H,1H3;4-6H2,1-3H3;2-3H2,1H3. The van der Waals surface area contributed by atoms with E-state index < -0.39 is 25.8 Å². The molecule has 4 rings (SSSR count). The van der Waals surface area contributed by atoms with Gasteiger partial charge in [-0.25, -0.2) is 0 Å². The van der Waals surface area contributed by atoms with Crippen molar-refractivity contribution in [2.75, 3.05) is 47.3 Å². The number of hydrogen-bond donors (Lipinski definition) is 0. The van der Waals surface area contributed by atoms with Crippen molar-refractivity contribution >= 4 is 25.8 Å². The van der Waals surface area contributed by atoms with Gasteiger partial charge in [0.05, 0.1) is 33.0 Å². The maximum absolute atomic E-state index is 5.35. The van der Waals surface area contributed by atoms with Crippen molar-refractivity contribution in [3.8, 4) is 11.5 Å². The molecule has 0 aliphatic carbocycles. The van der Waals surface area contributed by atoms with Crippen LogP contribution in [0.15, 0.2) is 24.3 Å². The maximum Gasteiger partial charge on any atom is 0.463 e. The lowest BCUT2D eigenvalue weighted by atomic mass is 9.97. The van der Waals surface area contributed by atoms with E-state index in [9.17, 15) is 0 Å². The summed E-state index contributed by atoms with van der Waals surface area (Å²) in [6, 6.07) is 7.51. The normalized spacial score (nSPS) is 21.1. The highest BCUT2D eigenvalue weighted by molar-refractivity contribution is 7.43. The van der Waals surface area contributed by atoms with Crippen molar-refractivity contribution in [3.05, 3.63) is 24.3 Å². The van der Waals surface area contributed by atoms with E-state index in [0.717, 1.165) is 24.7 Å². The molecule has 2 saturated heterocycles. The fraction of sp³-hybridized carbons (Fsp3) is 0.647. The highest BCUT2D eigenvalue weighted by Gasteiger charge is 2.29. The molecule has 2 fully saturated rings. The van der Waals surface area contributed by atoms with Gasteiger partial charge in [0.1, 0.15) is 0 Å². The summed E-state index contributed by atoms with van der Waals surface area (Å²) in [6.45, 7) is 9.66. The SMILES string of the molecule is CCOP1OCC(C)(C)CO1.COP1OCCO1.COP1Oc2ccccc2O1. The number of para-hydroxylation sites is 2. The topological polar surface area (TPSA) is 83.1 Å². The minimum atomic E-state index is -1.17. The van der Waals surface area contributed by atoms with Crippen molar-refractivity contribution in [1.82, 2.24) is 0 Å². The van der Waals surface area contributed by atoms with E-state index in [1.54, 1.807) is 14.2 Å². The molecule has 12 heteroatoms. The molecular formula is C17H29O9P3. The van der Waals surface area contributed by atoms with E-state index >= 15 is 0 Å². The first-order valence-electron chi connectivity index (χ1n) is 9.05. The van der Waals surface area contributed by atoms with Gasteiger partial charge in [-0.1, -0.05) is 26.0 Å². The molecule has 0 radical (unpaired) electrons. The van der Waals surface area contributed by atoms with E-state index in [-0.39, 0.29) is 5.41 Å². The van der Waals surface area contributed by atoms with Crippen molar-refractivity contribution in [2.45, 2.75) is 20.8 Å². The molecule has 0 atom stereocenters. The summed E-state index contributed by atoms with van der Waals surface area (Å²) in [4.78, 5) is 0. The fourth-order valence-electron chi connectivity index (χ4n) is 1.93. The van der Waals surface area contributed by atoms with Crippen LogP contribution >= 0.6 is 25.8 Å². The Morgan fingerprint density at radius 2 is 1.34 bits per heavy atom. The van der Waals surface area contributed by atoms with Gasteiger partial charge >= 0.3 is 25.8 Å². The van der Waals surface area contributed by atoms with Gasteiger partial charge in [0.2, 0.25) is 0 Å². The first-order valence-corrected chi connectivity index (χ1v) is 12.3. The zero-order valence-corrected chi connectivity index (χ0v) is 20.0. The van der Waals surface area contributed by atoms with Gasteiger partial charge in [0.15, 0.2) is 11.5 Å². The van der Waals surface area contributed by atoms with E-state index in [4.69, 9.17) is 40.7 Å².